The van der Waals surface area contributed by atoms with Gasteiger partial charge in [-0.2, -0.15) is 4.31 Å². The second-order valence-electron chi connectivity index (χ2n) is 8.41. The zero-order valence-electron chi connectivity index (χ0n) is 18.1. The van der Waals surface area contributed by atoms with Crippen molar-refractivity contribution in [2.75, 3.05) is 37.4 Å². The van der Waals surface area contributed by atoms with Crippen LogP contribution in [-0.4, -0.2) is 51.1 Å². The average Bonchev–Trinajstić information content (AvgIpc) is 2.77. The van der Waals surface area contributed by atoms with Gasteiger partial charge < -0.3 is 9.64 Å². The van der Waals surface area contributed by atoms with E-state index in [1.54, 1.807) is 28.8 Å². The van der Waals surface area contributed by atoms with Gasteiger partial charge in [-0.1, -0.05) is 26.0 Å². The zero-order valence-corrected chi connectivity index (χ0v) is 19.7. The van der Waals surface area contributed by atoms with Crippen molar-refractivity contribution in [2.45, 2.75) is 30.1 Å². The van der Waals surface area contributed by atoms with Gasteiger partial charge in [-0.25, -0.2) is 8.42 Å². The minimum atomic E-state index is -3.78. The highest BCUT2D eigenvalue weighted by Gasteiger charge is 2.34. The van der Waals surface area contributed by atoms with Crippen molar-refractivity contribution in [1.82, 2.24) is 4.31 Å². The number of benzene rings is 2. The molecule has 2 aromatic rings. The molecule has 0 aliphatic carbocycles. The van der Waals surface area contributed by atoms with E-state index < -0.39 is 10.0 Å². The van der Waals surface area contributed by atoms with Crippen molar-refractivity contribution >= 4 is 33.4 Å². The third-order valence-electron chi connectivity index (χ3n) is 5.84. The first-order valence-electron chi connectivity index (χ1n) is 10.5. The number of piperidine rings is 1. The molecule has 0 N–H and O–H groups in total. The monoisotopic (exact) mass is 460 g/mol. The Morgan fingerprint density at radius 3 is 2.52 bits per heavy atom. The molecular weight excluding hydrogens is 432 g/mol. The number of sulfonamides is 1. The number of amides is 1. The van der Waals surface area contributed by atoms with Gasteiger partial charge in [-0.3, -0.25) is 4.79 Å². The Balaban J connectivity index is 1.71. The minimum Gasteiger partial charge on any atom is -0.495 e. The largest absolute Gasteiger partial charge is 0.495 e. The molecule has 2 heterocycles. The van der Waals surface area contributed by atoms with E-state index in [9.17, 15) is 13.2 Å². The molecule has 2 aromatic carbocycles. The molecule has 0 radical (unpaired) electrons. The highest BCUT2D eigenvalue weighted by molar-refractivity contribution is 7.99. The fourth-order valence-electron chi connectivity index (χ4n) is 4.49. The number of hydrogen-bond acceptors (Lipinski definition) is 5. The van der Waals surface area contributed by atoms with Gasteiger partial charge in [0.05, 0.1) is 12.8 Å². The molecule has 2 aliphatic heterocycles. The number of anilines is 1. The molecule has 166 valence electrons. The Labute approximate surface area is 188 Å². The second kappa shape index (κ2) is 8.84. The summed E-state index contributed by atoms with van der Waals surface area (Å²) >= 11 is 1.72. The smallest absolute Gasteiger partial charge is 0.258 e. The first kappa shape index (κ1) is 22.2. The Hall–Kier alpha value is -2.03. The number of thioether (sulfide) groups is 1. The molecule has 6 nitrogen and oxygen atoms in total. The van der Waals surface area contributed by atoms with Crippen LogP contribution in [-0.2, 0) is 10.0 Å². The fourth-order valence-corrected chi connectivity index (χ4v) is 7.34. The maximum Gasteiger partial charge on any atom is 0.258 e. The number of methoxy groups -OCH3 is 1. The molecule has 2 aliphatic rings. The van der Waals surface area contributed by atoms with E-state index in [2.05, 4.69) is 13.8 Å². The van der Waals surface area contributed by atoms with Gasteiger partial charge in [0.25, 0.3) is 5.91 Å². The van der Waals surface area contributed by atoms with E-state index in [-0.39, 0.29) is 28.4 Å². The number of rotatable bonds is 4. The third-order valence-corrected chi connectivity index (χ3v) is 8.73. The standard InChI is InChI=1S/C23H28N2O4S2/c1-16-12-17(2)15-24(14-16)31(27,28)22-13-18(8-9-20(22)29-3)23(26)25-10-11-30-21-7-5-4-6-19(21)25/h4-9,13,16-17H,10-12,14-15H2,1-3H3. The third kappa shape index (κ3) is 4.33. The molecule has 0 saturated carbocycles. The van der Waals surface area contributed by atoms with E-state index in [0.717, 1.165) is 22.8 Å². The number of hydrogen-bond donors (Lipinski definition) is 0. The SMILES string of the molecule is COc1ccc(C(=O)N2CCSc3ccccc32)cc1S(=O)(=O)N1CC(C)CC(C)C1. The zero-order chi connectivity index (χ0) is 22.2. The average molecular weight is 461 g/mol. The molecule has 2 unspecified atom stereocenters. The predicted octanol–water partition coefficient (Wildman–Crippen LogP) is 4.11. The van der Waals surface area contributed by atoms with Crippen molar-refractivity contribution in [3.8, 4) is 5.75 Å². The van der Waals surface area contributed by atoms with Crippen molar-refractivity contribution in [2.24, 2.45) is 11.8 Å². The number of carbonyl (C=O) groups is 1. The highest BCUT2D eigenvalue weighted by atomic mass is 32.2. The molecule has 8 heteroatoms. The molecule has 1 amide bonds. The van der Waals surface area contributed by atoms with E-state index in [1.165, 1.54) is 17.5 Å². The van der Waals surface area contributed by atoms with Gasteiger partial charge in [-0.15, -0.1) is 11.8 Å². The van der Waals surface area contributed by atoms with Crippen molar-refractivity contribution in [1.29, 1.82) is 0 Å². The minimum absolute atomic E-state index is 0.0572. The van der Waals surface area contributed by atoms with E-state index in [0.29, 0.717) is 25.2 Å². The normalized spacial score (nSPS) is 22.1. The van der Waals surface area contributed by atoms with Crippen LogP contribution in [0, 0.1) is 11.8 Å². The lowest BCUT2D eigenvalue weighted by Gasteiger charge is -2.34. The molecule has 31 heavy (non-hydrogen) atoms. The number of carbonyl (C=O) groups excluding carboxylic acids is 1. The summed E-state index contributed by atoms with van der Waals surface area (Å²) in [5.41, 5.74) is 1.21. The van der Waals surface area contributed by atoms with E-state index in [1.807, 2.05) is 24.3 Å². The van der Waals surface area contributed by atoms with Gasteiger partial charge in [0.15, 0.2) is 0 Å². The number of ether oxygens (including phenoxy) is 1. The highest BCUT2D eigenvalue weighted by Crippen LogP contribution is 2.36. The van der Waals surface area contributed by atoms with Gasteiger partial charge in [-0.05, 0) is 48.6 Å². The predicted molar refractivity (Wildman–Crippen MR) is 124 cm³/mol. The summed E-state index contributed by atoms with van der Waals surface area (Å²) in [7, 11) is -2.33. The Morgan fingerprint density at radius 2 is 1.81 bits per heavy atom. The molecule has 0 aromatic heterocycles. The van der Waals surface area contributed by atoms with E-state index in [4.69, 9.17) is 4.74 Å². The van der Waals surface area contributed by atoms with Crippen LogP contribution in [0.2, 0.25) is 0 Å². The molecule has 1 saturated heterocycles. The summed E-state index contributed by atoms with van der Waals surface area (Å²) in [5.74, 6) is 1.44. The Morgan fingerprint density at radius 1 is 1.10 bits per heavy atom. The van der Waals surface area contributed by atoms with Crippen LogP contribution in [0.1, 0.15) is 30.6 Å². The van der Waals surface area contributed by atoms with Crippen molar-refractivity contribution < 1.29 is 17.9 Å². The Bertz CT molecular complexity index is 1080. The van der Waals surface area contributed by atoms with Crippen LogP contribution in [0.3, 0.4) is 0 Å². The van der Waals surface area contributed by atoms with Crippen molar-refractivity contribution in [3.63, 3.8) is 0 Å². The van der Waals surface area contributed by atoms with Gasteiger partial charge >= 0.3 is 0 Å². The van der Waals surface area contributed by atoms with Crippen molar-refractivity contribution in [3.05, 3.63) is 48.0 Å². The summed E-state index contributed by atoms with van der Waals surface area (Å²) in [6, 6.07) is 12.5. The second-order valence-corrected chi connectivity index (χ2v) is 11.4. The summed E-state index contributed by atoms with van der Waals surface area (Å²) in [6.45, 7) is 5.67. The number of nitrogens with zero attached hydrogens (tertiary/aromatic N) is 2. The molecule has 2 atom stereocenters. The van der Waals surface area contributed by atoms with Gasteiger partial charge in [0.1, 0.15) is 10.6 Å². The topological polar surface area (TPSA) is 66.9 Å². The van der Waals surface area contributed by atoms with Crippen LogP contribution in [0.4, 0.5) is 5.69 Å². The maximum atomic E-state index is 13.5. The van der Waals surface area contributed by atoms with Crippen LogP contribution >= 0.6 is 11.8 Å². The summed E-state index contributed by atoms with van der Waals surface area (Å²) in [5, 5.41) is 0. The van der Waals surface area contributed by atoms with Crippen LogP contribution in [0.25, 0.3) is 0 Å². The lowest BCUT2D eigenvalue weighted by Crippen LogP contribution is -2.42. The van der Waals surface area contributed by atoms with Crippen LogP contribution in [0.15, 0.2) is 52.3 Å². The summed E-state index contributed by atoms with van der Waals surface area (Å²) < 4.78 is 34.0. The number of fused-ring (bicyclic) bond motifs is 1. The summed E-state index contributed by atoms with van der Waals surface area (Å²) in [4.78, 5) is 16.2. The first-order valence-corrected chi connectivity index (χ1v) is 13.0. The molecule has 4 rings (SSSR count). The van der Waals surface area contributed by atoms with Crippen LogP contribution in [0.5, 0.6) is 5.75 Å². The van der Waals surface area contributed by atoms with E-state index >= 15 is 0 Å². The quantitative estimate of drug-likeness (QED) is 0.687. The molecule has 1 fully saturated rings. The van der Waals surface area contributed by atoms with Gasteiger partial charge in [0.2, 0.25) is 10.0 Å². The van der Waals surface area contributed by atoms with Crippen LogP contribution < -0.4 is 9.64 Å². The maximum absolute atomic E-state index is 13.5. The first-order chi connectivity index (χ1) is 14.8. The molecule has 0 spiro atoms. The lowest BCUT2D eigenvalue weighted by atomic mass is 9.94. The fraction of sp³-hybridized carbons (Fsp3) is 0.435. The van der Waals surface area contributed by atoms with Gasteiger partial charge in [0, 0.05) is 35.8 Å². The molecular formula is C23H28N2O4S2. The molecule has 0 bridgehead atoms. The summed E-state index contributed by atoms with van der Waals surface area (Å²) in [6.07, 6.45) is 1.01. The number of para-hydroxylation sites is 1. The lowest BCUT2D eigenvalue weighted by molar-refractivity contribution is 0.0987. The Kier molecular flexibility index (Phi) is 6.32.